The van der Waals surface area contributed by atoms with E-state index in [0.29, 0.717) is 5.56 Å². The fourth-order valence-corrected chi connectivity index (χ4v) is 3.84. The van der Waals surface area contributed by atoms with E-state index in [1.165, 1.54) is 12.8 Å². The molecule has 0 radical (unpaired) electrons. The van der Waals surface area contributed by atoms with Crippen LogP contribution >= 0.6 is 0 Å². The highest BCUT2D eigenvalue weighted by Crippen LogP contribution is 2.41. The van der Waals surface area contributed by atoms with Crippen molar-refractivity contribution in [1.29, 1.82) is 0 Å². The number of hydrogen-bond donors (Lipinski definition) is 1. The Morgan fingerprint density at radius 1 is 1.32 bits per heavy atom. The summed E-state index contributed by atoms with van der Waals surface area (Å²) in [4.78, 5) is 14.8. The molecule has 3 rings (SSSR count). The topological polar surface area (TPSA) is 40.5 Å². The van der Waals surface area contributed by atoms with Crippen LogP contribution in [0.15, 0.2) is 30.4 Å². The fourth-order valence-electron chi connectivity index (χ4n) is 3.84. The molecule has 1 spiro atoms. The van der Waals surface area contributed by atoms with Gasteiger partial charge in [-0.25, -0.2) is 0 Å². The SMILES string of the molecule is CCc1ccc(O)c(C(=O)N2CCC[C@]3(CC=CCC3)C2)c1. The lowest BCUT2D eigenvalue weighted by molar-refractivity contribution is 0.0481. The molecule has 0 unspecified atom stereocenters. The van der Waals surface area contributed by atoms with Crippen molar-refractivity contribution >= 4 is 5.91 Å². The molecule has 0 aromatic heterocycles. The van der Waals surface area contributed by atoms with Crippen LogP contribution in [-0.2, 0) is 6.42 Å². The van der Waals surface area contributed by atoms with E-state index in [0.717, 1.165) is 44.3 Å². The molecule has 1 aromatic carbocycles. The van der Waals surface area contributed by atoms with Crippen LogP contribution in [0.2, 0.25) is 0 Å². The number of carbonyl (C=O) groups excluding carboxylic acids is 1. The summed E-state index contributed by atoms with van der Waals surface area (Å²) >= 11 is 0. The molecule has 2 aliphatic rings. The Kier molecular flexibility index (Phi) is 4.23. The number of aromatic hydroxyl groups is 1. The Hall–Kier alpha value is -1.77. The number of nitrogens with zero attached hydrogens (tertiary/aromatic N) is 1. The van der Waals surface area contributed by atoms with Gasteiger partial charge in [-0.3, -0.25) is 4.79 Å². The standard InChI is InChI=1S/C19H25NO2/c1-2-15-7-8-17(21)16(13-15)18(22)20-12-6-11-19(14-20)9-4-3-5-10-19/h3-4,7-8,13,21H,2,5-6,9-12,14H2,1H3/t19-/m1/s1. The van der Waals surface area contributed by atoms with Crippen molar-refractivity contribution in [3.63, 3.8) is 0 Å². The van der Waals surface area contributed by atoms with E-state index in [2.05, 4.69) is 19.1 Å². The van der Waals surface area contributed by atoms with Crippen LogP contribution < -0.4 is 0 Å². The van der Waals surface area contributed by atoms with Crippen LogP contribution in [0.1, 0.15) is 54.9 Å². The molecule has 1 fully saturated rings. The molecule has 1 heterocycles. The molecule has 1 N–H and O–H groups in total. The van der Waals surface area contributed by atoms with Crippen LogP contribution in [0.5, 0.6) is 5.75 Å². The molecule has 1 aliphatic heterocycles. The van der Waals surface area contributed by atoms with Crippen LogP contribution in [-0.4, -0.2) is 29.0 Å². The molecule has 0 saturated carbocycles. The van der Waals surface area contributed by atoms with Crippen LogP contribution in [0.3, 0.4) is 0 Å². The maximum Gasteiger partial charge on any atom is 0.257 e. The molecule has 1 aromatic rings. The van der Waals surface area contributed by atoms with E-state index in [4.69, 9.17) is 0 Å². The average Bonchev–Trinajstić information content (AvgIpc) is 2.55. The summed E-state index contributed by atoms with van der Waals surface area (Å²) in [5.41, 5.74) is 1.82. The van der Waals surface area contributed by atoms with Crippen molar-refractivity contribution in [3.05, 3.63) is 41.5 Å². The summed E-state index contributed by atoms with van der Waals surface area (Å²) in [5.74, 6) is 0.0896. The van der Waals surface area contributed by atoms with Crippen molar-refractivity contribution < 1.29 is 9.90 Å². The predicted octanol–water partition coefficient (Wildman–Crippen LogP) is 3.92. The highest BCUT2D eigenvalue weighted by molar-refractivity contribution is 5.97. The second kappa shape index (κ2) is 6.15. The number of amides is 1. The van der Waals surface area contributed by atoms with Crippen molar-refractivity contribution in [2.45, 2.75) is 45.4 Å². The molecule has 1 amide bonds. The molecular weight excluding hydrogens is 274 g/mol. The smallest absolute Gasteiger partial charge is 0.257 e. The first-order valence-electron chi connectivity index (χ1n) is 8.40. The zero-order valence-corrected chi connectivity index (χ0v) is 13.3. The first-order chi connectivity index (χ1) is 10.6. The van der Waals surface area contributed by atoms with Crippen molar-refractivity contribution in [2.75, 3.05) is 13.1 Å². The molecule has 1 saturated heterocycles. The Morgan fingerprint density at radius 3 is 2.91 bits per heavy atom. The molecule has 0 bridgehead atoms. The number of aryl methyl sites for hydroxylation is 1. The molecular formula is C19H25NO2. The lowest BCUT2D eigenvalue weighted by Gasteiger charge is -2.44. The summed E-state index contributed by atoms with van der Waals surface area (Å²) in [5, 5.41) is 10.1. The maximum absolute atomic E-state index is 12.9. The Morgan fingerprint density at radius 2 is 2.18 bits per heavy atom. The van der Waals surface area contributed by atoms with Gasteiger partial charge in [-0.1, -0.05) is 25.1 Å². The van der Waals surface area contributed by atoms with E-state index < -0.39 is 0 Å². The number of rotatable bonds is 2. The van der Waals surface area contributed by atoms with Gasteiger partial charge < -0.3 is 10.0 Å². The maximum atomic E-state index is 12.9. The number of carbonyl (C=O) groups is 1. The summed E-state index contributed by atoms with van der Waals surface area (Å²) in [7, 11) is 0. The van der Waals surface area contributed by atoms with Gasteiger partial charge in [0.05, 0.1) is 5.56 Å². The normalized spacial score (nSPS) is 24.7. The quantitative estimate of drug-likeness (QED) is 0.841. The second-order valence-corrected chi connectivity index (χ2v) is 6.75. The van der Waals surface area contributed by atoms with Gasteiger partial charge in [0.15, 0.2) is 0 Å². The Bertz CT molecular complexity index is 593. The molecule has 1 aliphatic carbocycles. The van der Waals surface area contributed by atoms with Gasteiger partial charge in [0.1, 0.15) is 5.75 Å². The third-order valence-corrected chi connectivity index (χ3v) is 5.21. The van der Waals surface area contributed by atoms with Crippen molar-refractivity contribution in [1.82, 2.24) is 4.90 Å². The number of likely N-dealkylation sites (tertiary alicyclic amines) is 1. The van der Waals surface area contributed by atoms with Gasteiger partial charge in [-0.05, 0) is 61.6 Å². The number of phenolic OH excluding ortho intramolecular Hbond substituents is 1. The van der Waals surface area contributed by atoms with Gasteiger partial charge in [-0.15, -0.1) is 0 Å². The molecule has 3 nitrogen and oxygen atoms in total. The fraction of sp³-hybridized carbons (Fsp3) is 0.526. The zero-order chi connectivity index (χ0) is 15.6. The Labute approximate surface area is 132 Å². The van der Waals surface area contributed by atoms with Gasteiger partial charge in [0, 0.05) is 13.1 Å². The monoisotopic (exact) mass is 299 g/mol. The number of piperidine rings is 1. The first-order valence-corrected chi connectivity index (χ1v) is 8.40. The number of benzene rings is 1. The summed E-state index contributed by atoms with van der Waals surface area (Å²) in [6.07, 6.45) is 11.0. The number of allylic oxidation sites excluding steroid dienone is 2. The second-order valence-electron chi connectivity index (χ2n) is 6.75. The minimum absolute atomic E-state index is 0.0126. The predicted molar refractivity (Wildman–Crippen MR) is 88.0 cm³/mol. The van der Waals surface area contributed by atoms with E-state index >= 15 is 0 Å². The van der Waals surface area contributed by atoms with Crippen molar-refractivity contribution in [2.24, 2.45) is 5.41 Å². The Balaban J connectivity index is 1.81. The van der Waals surface area contributed by atoms with E-state index in [1.54, 1.807) is 6.07 Å². The third-order valence-electron chi connectivity index (χ3n) is 5.21. The molecule has 3 heteroatoms. The van der Waals surface area contributed by atoms with Gasteiger partial charge >= 0.3 is 0 Å². The highest BCUT2D eigenvalue weighted by atomic mass is 16.3. The molecule has 1 atom stereocenters. The zero-order valence-electron chi connectivity index (χ0n) is 13.3. The average molecular weight is 299 g/mol. The largest absolute Gasteiger partial charge is 0.507 e. The van der Waals surface area contributed by atoms with E-state index in [9.17, 15) is 9.90 Å². The first kappa shape index (κ1) is 15.1. The highest BCUT2D eigenvalue weighted by Gasteiger charge is 2.37. The van der Waals surface area contributed by atoms with E-state index in [-0.39, 0.29) is 17.1 Å². The van der Waals surface area contributed by atoms with Crippen LogP contribution in [0.4, 0.5) is 0 Å². The number of hydrogen-bond acceptors (Lipinski definition) is 2. The third kappa shape index (κ3) is 2.90. The minimum Gasteiger partial charge on any atom is -0.507 e. The van der Waals surface area contributed by atoms with Crippen molar-refractivity contribution in [3.8, 4) is 5.75 Å². The van der Waals surface area contributed by atoms with Crippen LogP contribution in [0, 0.1) is 5.41 Å². The lowest BCUT2D eigenvalue weighted by Crippen LogP contribution is -2.46. The lowest BCUT2D eigenvalue weighted by atomic mass is 9.71. The molecule has 22 heavy (non-hydrogen) atoms. The van der Waals surface area contributed by atoms with Gasteiger partial charge in [-0.2, -0.15) is 0 Å². The summed E-state index contributed by atoms with van der Waals surface area (Å²) < 4.78 is 0. The van der Waals surface area contributed by atoms with Gasteiger partial charge in [0.2, 0.25) is 0 Å². The minimum atomic E-state index is -0.0126. The van der Waals surface area contributed by atoms with E-state index in [1.807, 2.05) is 17.0 Å². The summed E-state index contributed by atoms with van der Waals surface area (Å²) in [6, 6.07) is 5.38. The van der Waals surface area contributed by atoms with Crippen LogP contribution in [0.25, 0.3) is 0 Å². The number of phenols is 1. The van der Waals surface area contributed by atoms with Gasteiger partial charge in [0.25, 0.3) is 5.91 Å². The summed E-state index contributed by atoms with van der Waals surface area (Å²) in [6.45, 7) is 3.69. The molecule has 118 valence electrons.